The predicted octanol–water partition coefficient (Wildman–Crippen LogP) is 0.441. The van der Waals surface area contributed by atoms with Gasteiger partial charge in [0.15, 0.2) is 0 Å². The van der Waals surface area contributed by atoms with Gasteiger partial charge in [-0.1, -0.05) is 6.92 Å². The Kier molecular flexibility index (Phi) is 8.32. The Morgan fingerprint density at radius 3 is 1.73 bits per heavy atom. The molecule has 0 fully saturated rings. The molecule has 11 heavy (non-hydrogen) atoms. The molecule has 0 aliphatic rings. The lowest BCUT2D eigenvalue weighted by molar-refractivity contribution is -0.870. The average molecular weight is 183 g/mol. The molecule has 70 valence electrons. The first-order chi connectivity index (χ1) is 4.79. The Balaban J connectivity index is 0. The van der Waals surface area contributed by atoms with Crippen molar-refractivity contribution in [1.29, 1.82) is 0 Å². The molecule has 0 spiro atoms. The van der Waals surface area contributed by atoms with Crippen LogP contribution in [0.15, 0.2) is 0 Å². The summed E-state index contributed by atoms with van der Waals surface area (Å²) in [5.74, 6) is 0. The van der Waals surface area contributed by atoms with E-state index in [1.807, 2.05) is 0 Å². The van der Waals surface area contributed by atoms with Crippen LogP contribution in [0.4, 0.5) is 0 Å². The van der Waals surface area contributed by atoms with E-state index < -0.39 is 11.4 Å². The molecule has 0 aliphatic heterocycles. The van der Waals surface area contributed by atoms with Crippen LogP contribution in [0.5, 0.6) is 0 Å². The highest BCUT2D eigenvalue weighted by molar-refractivity contribution is 7.73. The smallest absolute Gasteiger partial charge is 0.0814 e. The first kappa shape index (κ1) is 13.6. The third-order valence-corrected chi connectivity index (χ3v) is 0.894. The van der Waals surface area contributed by atoms with Crippen LogP contribution in [0.2, 0.25) is 0 Å². The Labute approximate surface area is 70.9 Å². The van der Waals surface area contributed by atoms with Gasteiger partial charge in [0.2, 0.25) is 0 Å². The molecule has 1 N–H and O–H groups in total. The summed E-state index contributed by atoms with van der Waals surface area (Å²) >= 11 is -2.86. The molecular formula is C6H17NO3S. The van der Waals surface area contributed by atoms with Gasteiger partial charge in [-0.05, 0) is 6.42 Å². The summed E-state index contributed by atoms with van der Waals surface area (Å²) in [7, 11) is 6.64. The van der Waals surface area contributed by atoms with E-state index in [1.54, 1.807) is 0 Å². The highest BCUT2D eigenvalue weighted by atomic mass is 32.2. The van der Waals surface area contributed by atoms with E-state index in [0.29, 0.717) is 0 Å². The molecule has 0 radical (unpaired) electrons. The second kappa shape index (κ2) is 6.72. The lowest BCUT2D eigenvalue weighted by atomic mass is 10.4. The largest absolute Gasteiger partial charge is 0.750 e. The van der Waals surface area contributed by atoms with Gasteiger partial charge in [-0.2, -0.15) is 0 Å². The quantitative estimate of drug-likeness (QED) is 0.499. The van der Waals surface area contributed by atoms with Crippen molar-refractivity contribution < 1.29 is 17.8 Å². The molecular weight excluding hydrogens is 166 g/mol. The van der Waals surface area contributed by atoms with Gasteiger partial charge in [-0.25, -0.2) is 4.21 Å². The number of rotatable bonds is 2. The zero-order chi connectivity index (χ0) is 9.49. The highest BCUT2D eigenvalue weighted by Crippen LogP contribution is 1.90. The normalized spacial score (nSPS) is 13.3. The van der Waals surface area contributed by atoms with Gasteiger partial charge < -0.3 is 13.6 Å². The van der Waals surface area contributed by atoms with Crippen molar-refractivity contribution in [2.24, 2.45) is 0 Å². The van der Waals surface area contributed by atoms with Crippen LogP contribution in [-0.4, -0.2) is 45.5 Å². The van der Waals surface area contributed by atoms with Crippen LogP contribution in [0.1, 0.15) is 13.3 Å². The summed E-state index contributed by atoms with van der Waals surface area (Å²) in [4.78, 5) is 0. The van der Waals surface area contributed by atoms with Gasteiger partial charge >= 0.3 is 0 Å². The van der Waals surface area contributed by atoms with Gasteiger partial charge in [-0.15, -0.1) is 0 Å². The number of nitrogens with zero attached hydrogens (tertiary/aromatic N) is 1. The van der Waals surface area contributed by atoms with Crippen molar-refractivity contribution in [2.45, 2.75) is 13.3 Å². The summed E-state index contributed by atoms with van der Waals surface area (Å²) in [6.45, 7) is 3.49. The summed E-state index contributed by atoms with van der Waals surface area (Å²) in [6.07, 6.45) is 1.28. The second-order valence-electron chi connectivity index (χ2n) is 3.23. The van der Waals surface area contributed by atoms with E-state index in [9.17, 15) is 0 Å². The third kappa shape index (κ3) is 39.8. The summed E-state index contributed by atoms with van der Waals surface area (Å²) in [5.41, 5.74) is 0. The predicted molar refractivity (Wildman–Crippen MR) is 44.7 cm³/mol. The Morgan fingerprint density at radius 2 is 1.73 bits per heavy atom. The zero-order valence-corrected chi connectivity index (χ0v) is 8.35. The molecule has 0 heterocycles. The Morgan fingerprint density at radius 1 is 1.45 bits per heavy atom. The fraction of sp³-hybridized carbons (Fsp3) is 1.00. The first-order valence-electron chi connectivity index (χ1n) is 3.38. The summed E-state index contributed by atoms with van der Waals surface area (Å²) < 4.78 is 25.2. The first-order valence-corrected chi connectivity index (χ1v) is 4.41. The van der Waals surface area contributed by atoms with Crippen LogP contribution < -0.4 is 0 Å². The third-order valence-electron chi connectivity index (χ3n) is 0.894. The molecule has 0 aromatic heterocycles. The summed E-state index contributed by atoms with van der Waals surface area (Å²) in [6, 6.07) is 0. The molecule has 0 aromatic carbocycles. The molecule has 1 unspecified atom stereocenters. The summed E-state index contributed by atoms with van der Waals surface area (Å²) in [5, 5.41) is 0. The van der Waals surface area contributed by atoms with E-state index in [-0.39, 0.29) is 0 Å². The van der Waals surface area contributed by atoms with E-state index >= 15 is 0 Å². The van der Waals surface area contributed by atoms with E-state index in [0.717, 1.165) is 4.48 Å². The Bertz CT molecular complexity index is 107. The van der Waals surface area contributed by atoms with E-state index in [4.69, 9.17) is 13.3 Å². The molecule has 4 nitrogen and oxygen atoms in total. The van der Waals surface area contributed by atoms with Crippen LogP contribution >= 0.6 is 0 Å². The minimum absolute atomic E-state index is 1.09. The van der Waals surface area contributed by atoms with Crippen LogP contribution in [0, 0.1) is 0 Å². The van der Waals surface area contributed by atoms with Gasteiger partial charge in [0.25, 0.3) is 0 Å². The molecule has 0 bridgehead atoms. The van der Waals surface area contributed by atoms with Crippen LogP contribution in [-0.2, 0) is 11.4 Å². The minimum Gasteiger partial charge on any atom is -0.750 e. The average Bonchev–Trinajstić information content (AvgIpc) is 1.58. The maximum Gasteiger partial charge on any atom is 0.0814 e. The van der Waals surface area contributed by atoms with E-state index in [2.05, 4.69) is 28.1 Å². The monoisotopic (exact) mass is 183 g/mol. The van der Waals surface area contributed by atoms with Crippen LogP contribution in [0.25, 0.3) is 0 Å². The lowest BCUT2D eigenvalue weighted by Crippen LogP contribution is -2.34. The van der Waals surface area contributed by atoms with Crippen molar-refractivity contribution >= 4 is 11.4 Å². The van der Waals surface area contributed by atoms with Gasteiger partial charge in [0, 0.05) is 0 Å². The number of quaternary nitrogens is 1. The van der Waals surface area contributed by atoms with Gasteiger partial charge in [0.05, 0.1) is 39.0 Å². The highest BCUT2D eigenvalue weighted by Gasteiger charge is 2.01. The van der Waals surface area contributed by atoms with Crippen molar-refractivity contribution in [2.75, 3.05) is 27.7 Å². The van der Waals surface area contributed by atoms with Gasteiger partial charge in [0.1, 0.15) is 0 Å². The topological polar surface area (TPSA) is 60.4 Å². The Hall–Kier alpha value is 0.0300. The van der Waals surface area contributed by atoms with Crippen molar-refractivity contribution in [1.82, 2.24) is 0 Å². The molecule has 1 atom stereocenters. The number of hydrogen-bond donors (Lipinski definition) is 1. The minimum atomic E-state index is -2.86. The number of hydrogen-bond acceptors (Lipinski definition) is 2. The van der Waals surface area contributed by atoms with Crippen molar-refractivity contribution in [3.8, 4) is 0 Å². The van der Waals surface area contributed by atoms with Crippen molar-refractivity contribution in [3.05, 3.63) is 0 Å². The lowest BCUT2D eigenvalue weighted by Gasteiger charge is -2.22. The molecule has 0 saturated heterocycles. The van der Waals surface area contributed by atoms with Gasteiger partial charge in [-0.3, -0.25) is 0 Å². The molecule has 0 amide bonds. The maximum atomic E-state index is 8.56. The maximum absolute atomic E-state index is 8.56. The zero-order valence-electron chi connectivity index (χ0n) is 7.53. The molecule has 0 aromatic rings. The molecule has 5 heteroatoms. The van der Waals surface area contributed by atoms with E-state index in [1.165, 1.54) is 13.0 Å². The fourth-order valence-corrected chi connectivity index (χ4v) is 0.671. The standard InChI is InChI=1S/C6H16N.H2O3S/c1-5-6-7(2,3)4;1-4(2)3/h5-6H2,1-4H3;(H2,1,2,3)/q+1;/p-1. The fourth-order valence-electron chi connectivity index (χ4n) is 0.671. The molecule has 0 saturated carbocycles. The molecule has 0 aliphatic carbocycles. The SMILES string of the molecule is CCC[N+](C)(C)C.O=S([O-])O. The molecule has 0 rings (SSSR count). The second-order valence-corrected chi connectivity index (χ2v) is 3.67. The van der Waals surface area contributed by atoms with Crippen LogP contribution in [0.3, 0.4) is 0 Å². The van der Waals surface area contributed by atoms with Crippen molar-refractivity contribution in [3.63, 3.8) is 0 Å².